The maximum absolute atomic E-state index is 5.56. The minimum atomic E-state index is 0.517. The molecule has 0 radical (unpaired) electrons. The molecule has 0 amide bonds. The van der Waals surface area contributed by atoms with Crippen molar-refractivity contribution in [3.05, 3.63) is 53.5 Å². The van der Waals surface area contributed by atoms with Gasteiger partial charge >= 0.3 is 0 Å². The molecule has 4 heteroatoms. The molecule has 0 bridgehead atoms. The lowest BCUT2D eigenvalue weighted by molar-refractivity contribution is 0.287. The van der Waals surface area contributed by atoms with Crippen molar-refractivity contribution in [1.82, 2.24) is 4.90 Å². The number of hydrogen-bond donors (Lipinski definition) is 1. The molecule has 0 spiro atoms. The summed E-state index contributed by atoms with van der Waals surface area (Å²) in [5.74, 6) is 1.82. The first-order chi connectivity index (χ1) is 9.21. The zero-order chi connectivity index (χ0) is 13.7. The molecule has 0 unspecified atom stereocenters. The largest absolute Gasteiger partial charge is 0.497 e. The molecule has 0 atom stereocenters. The number of benzene rings is 1. The van der Waals surface area contributed by atoms with Crippen LogP contribution in [0, 0.1) is 0 Å². The Bertz CT molecular complexity index is 522. The Kier molecular flexibility index (Phi) is 4.60. The van der Waals surface area contributed by atoms with Crippen LogP contribution in [-0.2, 0) is 19.6 Å². The molecule has 1 aromatic heterocycles. The van der Waals surface area contributed by atoms with E-state index >= 15 is 0 Å². The number of nitrogens with zero attached hydrogens (tertiary/aromatic N) is 1. The number of hydrogen-bond acceptors (Lipinski definition) is 4. The van der Waals surface area contributed by atoms with E-state index in [1.165, 1.54) is 5.56 Å². The van der Waals surface area contributed by atoms with Gasteiger partial charge in [0.1, 0.15) is 11.5 Å². The highest BCUT2D eigenvalue weighted by Gasteiger charge is 2.06. The van der Waals surface area contributed by atoms with Crippen molar-refractivity contribution in [3.63, 3.8) is 0 Å². The van der Waals surface area contributed by atoms with Crippen molar-refractivity contribution in [1.29, 1.82) is 0 Å². The Balaban J connectivity index is 1.94. The summed E-state index contributed by atoms with van der Waals surface area (Å²) in [5.41, 5.74) is 7.81. The fourth-order valence-corrected chi connectivity index (χ4v) is 2.02. The third kappa shape index (κ3) is 3.84. The molecular formula is C15H20N2O2. The highest BCUT2D eigenvalue weighted by Crippen LogP contribution is 2.15. The molecule has 2 N–H and O–H groups in total. The lowest BCUT2D eigenvalue weighted by Crippen LogP contribution is -2.16. The fraction of sp³-hybridized carbons (Fsp3) is 0.333. The second-order valence-corrected chi connectivity index (χ2v) is 4.65. The van der Waals surface area contributed by atoms with E-state index < -0.39 is 0 Å². The first-order valence-electron chi connectivity index (χ1n) is 6.29. The lowest BCUT2D eigenvalue weighted by Gasteiger charge is -2.15. The Hall–Kier alpha value is -1.78. The normalized spacial score (nSPS) is 10.9. The van der Waals surface area contributed by atoms with E-state index in [4.69, 9.17) is 14.9 Å². The van der Waals surface area contributed by atoms with Crippen LogP contribution in [0.3, 0.4) is 0 Å². The van der Waals surface area contributed by atoms with Crippen LogP contribution in [0.5, 0.6) is 5.75 Å². The molecule has 0 aliphatic carbocycles. The molecule has 1 heterocycles. The molecule has 1 aromatic carbocycles. The average molecular weight is 260 g/mol. The van der Waals surface area contributed by atoms with Crippen LogP contribution in [0.15, 0.2) is 41.0 Å². The summed E-state index contributed by atoms with van der Waals surface area (Å²) in [6.45, 7) is 2.12. The minimum absolute atomic E-state index is 0.517. The summed E-state index contributed by atoms with van der Waals surface area (Å²) in [4.78, 5) is 2.19. The number of nitrogens with two attached hydrogens (primary N) is 1. The summed E-state index contributed by atoms with van der Waals surface area (Å²) < 4.78 is 10.7. The van der Waals surface area contributed by atoms with Crippen molar-refractivity contribution in [2.24, 2.45) is 5.73 Å². The first kappa shape index (κ1) is 13.6. The molecule has 2 rings (SSSR count). The number of ether oxygens (including phenoxy) is 1. The van der Waals surface area contributed by atoms with Gasteiger partial charge in [-0.15, -0.1) is 0 Å². The predicted octanol–water partition coefficient (Wildman–Crippen LogP) is 2.38. The molecule has 19 heavy (non-hydrogen) atoms. The Labute approximate surface area is 113 Å². The fourth-order valence-electron chi connectivity index (χ4n) is 2.02. The third-order valence-corrected chi connectivity index (χ3v) is 2.96. The summed E-state index contributed by atoms with van der Waals surface area (Å²) in [5, 5.41) is 0. The monoisotopic (exact) mass is 260 g/mol. The van der Waals surface area contributed by atoms with E-state index in [1.807, 2.05) is 24.3 Å². The van der Waals surface area contributed by atoms with Crippen LogP contribution in [0.2, 0.25) is 0 Å². The van der Waals surface area contributed by atoms with Crippen LogP contribution < -0.4 is 10.5 Å². The predicted molar refractivity (Wildman–Crippen MR) is 74.8 cm³/mol. The SMILES string of the molecule is COc1cccc(CN(C)Cc2cc(CN)co2)c1. The van der Waals surface area contributed by atoms with E-state index in [0.29, 0.717) is 6.54 Å². The highest BCUT2D eigenvalue weighted by molar-refractivity contribution is 5.28. The highest BCUT2D eigenvalue weighted by atomic mass is 16.5. The van der Waals surface area contributed by atoms with Crippen molar-refractivity contribution < 1.29 is 9.15 Å². The average Bonchev–Trinajstić information content (AvgIpc) is 2.86. The van der Waals surface area contributed by atoms with Gasteiger partial charge < -0.3 is 14.9 Å². The van der Waals surface area contributed by atoms with Gasteiger partial charge in [-0.2, -0.15) is 0 Å². The van der Waals surface area contributed by atoms with Gasteiger partial charge in [-0.25, -0.2) is 0 Å². The maximum atomic E-state index is 5.56. The van der Waals surface area contributed by atoms with E-state index in [1.54, 1.807) is 13.4 Å². The standard InChI is InChI=1S/C15H20N2O2/c1-17(10-15-7-13(8-16)11-19-15)9-12-4-3-5-14(6-12)18-2/h3-7,11H,8-10,16H2,1-2H3. The minimum Gasteiger partial charge on any atom is -0.497 e. The Morgan fingerprint density at radius 2 is 2.05 bits per heavy atom. The molecule has 102 valence electrons. The van der Waals surface area contributed by atoms with Gasteiger partial charge in [0.2, 0.25) is 0 Å². The zero-order valence-corrected chi connectivity index (χ0v) is 11.4. The molecule has 0 saturated carbocycles. The molecule has 0 saturated heterocycles. The Morgan fingerprint density at radius 1 is 1.21 bits per heavy atom. The second kappa shape index (κ2) is 6.41. The van der Waals surface area contributed by atoms with Gasteiger partial charge in [-0.05, 0) is 30.8 Å². The van der Waals surface area contributed by atoms with Crippen LogP contribution in [0.1, 0.15) is 16.9 Å². The van der Waals surface area contributed by atoms with Gasteiger partial charge in [-0.3, -0.25) is 4.90 Å². The quantitative estimate of drug-likeness (QED) is 0.866. The van der Waals surface area contributed by atoms with E-state index in [9.17, 15) is 0 Å². The summed E-state index contributed by atoms with van der Waals surface area (Å²) >= 11 is 0. The molecule has 4 nitrogen and oxygen atoms in total. The molecular weight excluding hydrogens is 240 g/mol. The summed E-state index contributed by atoms with van der Waals surface area (Å²) in [6, 6.07) is 10.1. The Morgan fingerprint density at radius 3 is 2.74 bits per heavy atom. The zero-order valence-electron chi connectivity index (χ0n) is 11.4. The third-order valence-electron chi connectivity index (χ3n) is 2.96. The van der Waals surface area contributed by atoms with E-state index in [0.717, 1.165) is 30.2 Å². The number of methoxy groups -OCH3 is 1. The van der Waals surface area contributed by atoms with Crippen molar-refractivity contribution in [2.45, 2.75) is 19.6 Å². The first-order valence-corrected chi connectivity index (χ1v) is 6.29. The van der Waals surface area contributed by atoms with E-state index in [-0.39, 0.29) is 0 Å². The van der Waals surface area contributed by atoms with Gasteiger partial charge in [0.15, 0.2) is 0 Å². The molecule has 2 aromatic rings. The summed E-state index contributed by atoms with van der Waals surface area (Å²) in [7, 11) is 3.74. The van der Waals surface area contributed by atoms with Gasteiger partial charge in [-0.1, -0.05) is 12.1 Å². The van der Waals surface area contributed by atoms with Crippen LogP contribution in [0.4, 0.5) is 0 Å². The van der Waals surface area contributed by atoms with Gasteiger partial charge in [0.05, 0.1) is 19.9 Å². The number of rotatable bonds is 6. The lowest BCUT2D eigenvalue weighted by atomic mass is 10.2. The van der Waals surface area contributed by atoms with Crippen LogP contribution >= 0.6 is 0 Å². The van der Waals surface area contributed by atoms with Crippen molar-refractivity contribution in [3.8, 4) is 5.75 Å². The molecule has 0 fully saturated rings. The second-order valence-electron chi connectivity index (χ2n) is 4.65. The van der Waals surface area contributed by atoms with E-state index in [2.05, 4.69) is 18.0 Å². The van der Waals surface area contributed by atoms with Crippen molar-refractivity contribution in [2.75, 3.05) is 14.2 Å². The smallest absolute Gasteiger partial charge is 0.119 e. The topological polar surface area (TPSA) is 51.6 Å². The van der Waals surface area contributed by atoms with Gasteiger partial charge in [0.25, 0.3) is 0 Å². The molecule has 0 aliphatic heterocycles. The molecule has 0 aliphatic rings. The van der Waals surface area contributed by atoms with Gasteiger partial charge in [0, 0.05) is 18.7 Å². The summed E-state index contributed by atoms with van der Waals surface area (Å²) in [6.07, 6.45) is 1.72. The van der Waals surface area contributed by atoms with Crippen LogP contribution in [-0.4, -0.2) is 19.1 Å². The number of furan rings is 1. The van der Waals surface area contributed by atoms with Crippen LogP contribution in [0.25, 0.3) is 0 Å². The maximum Gasteiger partial charge on any atom is 0.119 e. The van der Waals surface area contributed by atoms with Crippen molar-refractivity contribution >= 4 is 0 Å².